The number of anilines is 1. The van der Waals surface area contributed by atoms with Crippen LogP contribution in [0, 0.1) is 6.92 Å². The van der Waals surface area contributed by atoms with Crippen LogP contribution < -0.4 is 10.1 Å². The summed E-state index contributed by atoms with van der Waals surface area (Å²) in [6.07, 6.45) is 1.84. The largest absolute Gasteiger partial charge is 0.496 e. The van der Waals surface area contributed by atoms with Gasteiger partial charge >= 0.3 is 0 Å². The highest BCUT2D eigenvalue weighted by molar-refractivity contribution is 5.97. The summed E-state index contributed by atoms with van der Waals surface area (Å²) >= 11 is 0. The van der Waals surface area contributed by atoms with E-state index in [9.17, 15) is 0 Å². The van der Waals surface area contributed by atoms with Crippen molar-refractivity contribution in [2.45, 2.75) is 13.5 Å². The van der Waals surface area contributed by atoms with Gasteiger partial charge in [0.25, 0.3) is 0 Å². The molecule has 106 valence electrons. The molecule has 3 nitrogen and oxygen atoms in total. The summed E-state index contributed by atoms with van der Waals surface area (Å²) in [4.78, 5) is 4.49. The zero-order valence-corrected chi connectivity index (χ0v) is 12.3. The Labute approximate surface area is 124 Å². The molecule has 21 heavy (non-hydrogen) atoms. The van der Waals surface area contributed by atoms with Gasteiger partial charge in [0.2, 0.25) is 0 Å². The van der Waals surface area contributed by atoms with Crippen LogP contribution in [0.25, 0.3) is 10.9 Å². The van der Waals surface area contributed by atoms with Gasteiger partial charge in [-0.2, -0.15) is 0 Å². The third-order valence-electron chi connectivity index (χ3n) is 3.60. The molecule has 0 aliphatic carbocycles. The predicted octanol–water partition coefficient (Wildman–Crippen LogP) is 4.16. The lowest BCUT2D eigenvalue weighted by Crippen LogP contribution is -2.01. The van der Waals surface area contributed by atoms with Crippen molar-refractivity contribution in [3.05, 3.63) is 65.9 Å². The second-order valence-electron chi connectivity index (χ2n) is 5.01. The van der Waals surface area contributed by atoms with Gasteiger partial charge in [0, 0.05) is 18.4 Å². The van der Waals surface area contributed by atoms with E-state index in [2.05, 4.69) is 29.4 Å². The van der Waals surface area contributed by atoms with E-state index in [1.54, 1.807) is 7.11 Å². The lowest BCUT2D eigenvalue weighted by molar-refractivity contribution is 0.420. The van der Waals surface area contributed by atoms with Crippen LogP contribution in [0.2, 0.25) is 0 Å². The summed E-state index contributed by atoms with van der Waals surface area (Å²) in [5, 5.41) is 4.52. The molecule has 0 aliphatic rings. The average molecular weight is 278 g/mol. The van der Waals surface area contributed by atoms with E-state index in [1.165, 1.54) is 5.56 Å². The molecule has 1 heterocycles. The first-order valence-electron chi connectivity index (χ1n) is 6.99. The van der Waals surface area contributed by atoms with Crippen molar-refractivity contribution in [1.29, 1.82) is 0 Å². The number of methoxy groups -OCH3 is 1. The smallest absolute Gasteiger partial charge is 0.130 e. The summed E-state index contributed by atoms with van der Waals surface area (Å²) < 4.78 is 5.50. The Morgan fingerprint density at radius 1 is 1.05 bits per heavy atom. The van der Waals surface area contributed by atoms with Crippen LogP contribution in [0.4, 0.5) is 5.69 Å². The Kier molecular flexibility index (Phi) is 3.73. The second kappa shape index (κ2) is 5.83. The topological polar surface area (TPSA) is 34.1 Å². The van der Waals surface area contributed by atoms with Gasteiger partial charge in [0.05, 0.1) is 18.0 Å². The summed E-state index contributed by atoms with van der Waals surface area (Å²) in [6.45, 7) is 2.84. The van der Waals surface area contributed by atoms with Gasteiger partial charge in [-0.3, -0.25) is 4.98 Å². The molecule has 1 aromatic heterocycles. The Balaban J connectivity index is 2.00. The van der Waals surface area contributed by atoms with Crippen molar-refractivity contribution in [2.75, 3.05) is 12.4 Å². The first-order chi connectivity index (χ1) is 10.3. The predicted molar refractivity (Wildman–Crippen MR) is 86.8 cm³/mol. The van der Waals surface area contributed by atoms with Crippen LogP contribution in [0.5, 0.6) is 5.75 Å². The summed E-state index contributed by atoms with van der Waals surface area (Å²) in [5.41, 5.74) is 4.42. The zero-order valence-electron chi connectivity index (χ0n) is 12.3. The monoisotopic (exact) mass is 278 g/mol. The first-order valence-corrected chi connectivity index (χ1v) is 6.99. The zero-order chi connectivity index (χ0) is 14.7. The Bertz CT molecular complexity index is 754. The molecule has 1 N–H and O–H groups in total. The molecule has 0 unspecified atom stereocenters. The minimum Gasteiger partial charge on any atom is -0.496 e. The maximum atomic E-state index is 5.50. The average Bonchev–Trinajstić information content (AvgIpc) is 2.54. The normalized spacial score (nSPS) is 10.6. The fourth-order valence-electron chi connectivity index (χ4n) is 2.48. The van der Waals surface area contributed by atoms with Crippen LogP contribution in [0.15, 0.2) is 54.7 Å². The van der Waals surface area contributed by atoms with Crippen LogP contribution >= 0.6 is 0 Å². The van der Waals surface area contributed by atoms with Crippen molar-refractivity contribution in [3.63, 3.8) is 0 Å². The van der Waals surface area contributed by atoms with Crippen molar-refractivity contribution < 1.29 is 4.74 Å². The number of benzene rings is 2. The molecular weight excluding hydrogens is 260 g/mol. The SMILES string of the molecule is COc1ccc(C)c2nccc(NCc3ccccc3)c12. The third-order valence-corrected chi connectivity index (χ3v) is 3.60. The number of pyridine rings is 1. The molecule has 0 aliphatic heterocycles. The van der Waals surface area contributed by atoms with Crippen molar-refractivity contribution in [1.82, 2.24) is 4.98 Å². The molecule has 0 spiro atoms. The van der Waals surface area contributed by atoms with Gasteiger partial charge in [-0.15, -0.1) is 0 Å². The Morgan fingerprint density at radius 3 is 2.62 bits per heavy atom. The number of rotatable bonds is 4. The lowest BCUT2D eigenvalue weighted by atomic mass is 10.1. The van der Waals surface area contributed by atoms with E-state index in [4.69, 9.17) is 4.74 Å². The van der Waals surface area contributed by atoms with Crippen LogP contribution in [0.1, 0.15) is 11.1 Å². The molecule has 2 aromatic carbocycles. The van der Waals surface area contributed by atoms with E-state index in [0.29, 0.717) is 0 Å². The lowest BCUT2D eigenvalue weighted by Gasteiger charge is -2.13. The third kappa shape index (κ3) is 2.68. The van der Waals surface area contributed by atoms with Gasteiger partial charge in [0.1, 0.15) is 5.75 Å². The van der Waals surface area contributed by atoms with Crippen molar-refractivity contribution in [2.24, 2.45) is 0 Å². The summed E-state index contributed by atoms with van der Waals surface area (Å²) in [5.74, 6) is 0.847. The molecule has 3 rings (SSSR count). The van der Waals surface area contributed by atoms with Gasteiger partial charge in [-0.05, 0) is 30.2 Å². The van der Waals surface area contributed by atoms with Gasteiger partial charge in [0.15, 0.2) is 0 Å². The number of nitrogens with zero attached hydrogens (tertiary/aromatic N) is 1. The molecule has 3 heteroatoms. The van der Waals surface area contributed by atoms with E-state index >= 15 is 0 Å². The van der Waals surface area contributed by atoms with Crippen LogP contribution in [-0.2, 0) is 6.54 Å². The number of fused-ring (bicyclic) bond motifs is 1. The number of nitrogens with one attached hydrogen (secondary N) is 1. The van der Waals surface area contributed by atoms with Crippen molar-refractivity contribution in [3.8, 4) is 5.75 Å². The maximum Gasteiger partial charge on any atom is 0.130 e. The molecule has 0 fully saturated rings. The van der Waals surface area contributed by atoms with Gasteiger partial charge in [-0.1, -0.05) is 36.4 Å². The summed E-state index contributed by atoms with van der Waals surface area (Å²) in [7, 11) is 1.69. The van der Waals surface area contributed by atoms with Gasteiger partial charge < -0.3 is 10.1 Å². The maximum absolute atomic E-state index is 5.50. The van der Waals surface area contributed by atoms with Crippen LogP contribution in [0.3, 0.4) is 0 Å². The number of hydrogen-bond acceptors (Lipinski definition) is 3. The minimum absolute atomic E-state index is 0.775. The Hall–Kier alpha value is -2.55. The quantitative estimate of drug-likeness (QED) is 0.778. The molecule has 0 bridgehead atoms. The minimum atomic E-state index is 0.775. The highest BCUT2D eigenvalue weighted by atomic mass is 16.5. The second-order valence-corrected chi connectivity index (χ2v) is 5.01. The van der Waals surface area contributed by atoms with Gasteiger partial charge in [-0.25, -0.2) is 0 Å². The molecule has 0 radical (unpaired) electrons. The molecule has 0 amide bonds. The number of aryl methyl sites for hydroxylation is 1. The fourth-order valence-corrected chi connectivity index (χ4v) is 2.48. The highest BCUT2D eigenvalue weighted by Gasteiger charge is 2.10. The number of aromatic nitrogens is 1. The van der Waals surface area contributed by atoms with Crippen molar-refractivity contribution >= 4 is 16.6 Å². The molecule has 3 aromatic rings. The molecule has 0 saturated carbocycles. The van der Waals surface area contributed by atoms with E-state index in [1.807, 2.05) is 42.6 Å². The summed E-state index contributed by atoms with van der Waals surface area (Å²) in [6, 6.07) is 16.4. The van der Waals surface area contributed by atoms with E-state index in [-0.39, 0.29) is 0 Å². The number of hydrogen-bond donors (Lipinski definition) is 1. The van der Waals surface area contributed by atoms with E-state index in [0.717, 1.165) is 34.4 Å². The first kappa shape index (κ1) is 13.4. The van der Waals surface area contributed by atoms with E-state index < -0.39 is 0 Å². The molecule has 0 saturated heterocycles. The Morgan fingerprint density at radius 2 is 1.86 bits per heavy atom. The molecule has 0 atom stereocenters. The van der Waals surface area contributed by atoms with Crippen LogP contribution in [-0.4, -0.2) is 12.1 Å². The standard InChI is InChI=1S/C18H18N2O/c1-13-8-9-16(21-2)17-15(10-11-19-18(13)17)20-12-14-6-4-3-5-7-14/h3-11H,12H2,1-2H3,(H,19,20). The molecular formula is C18H18N2O. The highest BCUT2D eigenvalue weighted by Crippen LogP contribution is 2.33. The number of ether oxygens (including phenoxy) is 1. The fraction of sp³-hybridized carbons (Fsp3) is 0.167.